The molecule has 3 heterocycles. The summed E-state index contributed by atoms with van der Waals surface area (Å²) in [7, 11) is 0. The highest BCUT2D eigenvalue weighted by Crippen LogP contribution is 2.32. The van der Waals surface area contributed by atoms with Gasteiger partial charge >= 0.3 is 0 Å². The molecule has 0 spiro atoms. The van der Waals surface area contributed by atoms with Crippen LogP contribution in [0.25, 0.3) is 21.7 Å². The lowest BCUT2D eigenvalue weighted by molar-refractivity contribution is -0.144. The number of phenolic OH excluding ortho intramolecular Hbond substituents is 1. The number of thiazole rings is 1. The molecule has 1 aliphatic rings. The highest BCUT2D eigenvalue weighted by molar-refractivity contribution is 7.13. The summed E-state index contributed by atoms with van der Waals surface area (Å²) in [6.45, 7) is 8.46. The predicted molar refractivity (Wildman–Crippen MR) is 260 cm³/mol. The number of aliphatic hydroxyl groups excluding tert-OH is 1. The second-order valence-electron chi connectivity index (χ2n) is 18.3. The van der Waals surface area contributed by atoms with E-state index in [1.54, 1.807) is 41.7 Å². The molecule has 0 radical (unpaired) electrons. The minimum absolute atomic E-state index is 0.0124. The van der Waals surface area contributed by atoms with Crippen LogP contribution in [-0.4, -0.2) is 91.8 Å². The lowest BCUT2D eigenvalue weighted by Gasteiger charge is -2.35. The molecule has 7 N–H and O–H groups in total. The van der Waals surface area contributed by atoms with Gasteiger partial charge < -0.3 is 41.5 Å². The van der Waals surface area contributed by atoms with Crippen LogP contribution >= 0.6 is 11.3 Å². The number of ether oxygens (including phenoxy) is 1. The van der Waals surface area contributed by atoms with Crippen LogP contribution in [0.1, 0.15) is 101 Å². The quantitative estimate of drug-likeness (QED) is 0.0385. The van der Waals surface area contributed by atoms with Crippen molar-refractivity contribution in [3.63, 3.8) is 0 Å². The number of unbranched alkanes of at least 4 members (excludes halogenated alkanes) is 5. The highest BCUT2D eigenvalue weighted by atomic mass is 32.1. The summed E-state index contributed by atoms with van der Waals surface area (Å²) in [6, 6.07) is 24.4. The number of nitrogen functional groups attached to an aromatic ring is 1. The number of nitrogens with two attached hydrogens (primary N) is 1. The average molecular weight is 933 g/mol. The van der Waals surface area contributed by atoms with Crippen LogP contribution in [-0.2, 0) is 25.7 Å². The van der Waals surface area contributed by atoms with Gasteiger partial charge in [0.25, 0.3) is 0 Å². The number of hydrogen-bond donors (Lipinski definition) is 6. The molecule has 5 aromatic rings. The van der Waals surface area contributed by atoms with Crippen molar-refractivity contribution < 1.29 is 34.1 Å². The molecule has 67 heavy (non-hydrogen) atoms. The van der Waals surface area contributed by atoms with Gasteiger partial charge in [0, 0.05) is 56.4 Å². The van der Waals surface area contributed by atoms with Crippen molar-refractivity contribution in [1.29, 1.82) is 0 Å². The molecule has 1 unspecified atom stereocenters. The molecule has 0 aliphatic carbocycles. The zero-order valence-corrected chi connectivity index (χ0v) is 39.7. The largest absolute Gasteiger partial charge is 0.507 e. The Morgan fingerprint density at radius 2 is 1.55 bits per heavy atom. The molecule has 0 bridgehead atoms. The third kappa shape index (κ3) is 14.3. The fraction of sp³-hybridized carbons (Fsp3) is 0.431. The molecule has 0 saturated carbocycles. The summed E-state index contributed by atoms with van der Waals surface area (Å²) < 4.78 is 6.13. The average Bonchev–Trinajstić information content (AvgIpc) is 3.93. The Bertz CT molecular complexity index is 2420. The van der Waals surface area contributed by atoms with Gasteiger partial charge in [0.2, 0.25) is 23.6 Å². The molecule has 1 aliphatic heterocycles. The molecular formula is C51H64N8O7S. The fourth-order valence-corrected chi connectivity index (χ4v) is 8.94. The number of amides is 4. The molecule has 6 rings (SSSR count). The number of aliphatic hydroxyl groups is 1. The van der Waals surface area contributed by atoms with Crippen LogP contribution in [0.5, 0.6) is 11.5 Å². The standard InChI is InChI=1S/C51H64N8O7S/c1-33-46(67-32-55-33)36-24-22-34(23-25-36)28-54-49(64)41-26-38(60)30-59(41)50(65)47(51(2,3)4)56-45(63)21-13-8-6-5-7-12-20-44(62)53-29-37(35-16-10-9-11-17-35)31-66-43-27-40(57-58-48(43)52)39-18-14-15-19-42(39)61/h9-11,14-19,22-25,27,32,37-38,41,47,60-61H,5-8,12-13,20-21,26,28-31H2,1-4H3,(H2,52,58)(H,53,62)(H,54,64)(H,56,63)/t37?,38-,41+,47-/m1/s1. The number of benzene rings is 3. The number of para-hydroxylation sites is 1. The number of carbonyl (C=O) groups is 4. The van der Waals surface area contributed by atoms with Crippen LogP contribution in [0.3, 0.4) is 0 Å². The maximum atomic E-state index is 14.0. The van der Waals surface area contributed by atoms with E-state index in [2.05, 4.69) is 31.1 Å². The van der Waals surface area contributed by atoms with Crippen molar-refractivity contribution in [2.24, 2.45) is 5.41 Å². The summed E-state index contributed by atoms with van der Waals surface area (Å²) in [4.78, 5) is 60.4. The van der Waals surface area contributed by atoms with Gasteiger partial charge in [-0.15, -0.1) is 21.5 Å². The van der Waals surface area contributed by atoms with E-state index >= 15 is 0 Å². The van der Waals surface area contributed by atoms with Gasteiger partial charge in [-0.2, -0.15) is 0 Å². The van der Waals surface area contributed by atoms with Crippen LogP contribution < -0.4 is 26.4 Å². The Morgan fingerprint density at radius 3 is 2.22 bits per heavy atom. The van der Waals surface area contributed by atoms with Gasteiger partial charge in [-0.3, -0.25) is 19.2 Å². The molecule has 356 valence electrons. The first kappa shape index (κ1) is 50.0. The van der Waals surface area contributed by atoms with Crippen molar-refractivity contribution in [3.05, 3.63) is 107 Å². The number of anilines is 1. The Labute approximate surface area is 397 Å². The first-order chi connectivity index (χ1) is 32.2. The minimum atomic E-state index is -0.883. The third-order valence-corrected chi connectivity index (χ3v) is 13.0. The van der Waals surface area contributed by atoms with E-state index in [1.165, 1.54) is 4.90 Å². The smallest absolute Gasteiger partial charge is 0.246 e. The summed E-state index contributed by atoms with van der Waals surface area (Å²) in [5.41, 5.74) is 12.1. The monoisotopic (exact) mass is 932 g/mol. The van der Waals surface area contributed by atoms with Crippen LogP contribution in [0.15, 0.2) is 90.4 Å². The van der Waals surface area contributed by atoms with E-state index in [-0.39, 0.29) is 73.7 Å². The normalized spacial score (nSPS) is 15.7. The number of phenols is 1. The second-order valence-corrected chi connectivity index (χ2v) is 19.1. The summed E-state index contributed by atoms with van der Waals surface area (Å²) >= 11 is 1.58. The van der Waals surface area contributed by atoms with Crippen LogP contribution in [0.2, 0.25) is 0 Å². The van der Waals surface area contributed by atoms with Crippen molar-refractivity contribution in [2.45, 2.75) is 116 Å². The summed E-state index contributed by atoms with van der Waals surface area (Å²) in [5, 5.41) is 38.0. The van der Waals surface area contributed by atoms with Gasteiger partial charge in [0.05, 0.1) is 28.8 Å². The van der Waals surface area contributed by atoms with Crippen LogP contribution in [0.4, 0.5) is 5.82 Å². The second kappa shape index (κ2) is 23.9. The molecule has 1 fully saturated rings. The lowest BCUT2D eigenvalue weighted by Crippen LogP contribution is -2.57. The molecule has 15 nitrogen and oxygen atoms in total. The highest BCUT2D eigenvalue weighted by Gasteiger charge is 2.44. The Morgan fingerprint density at radius 1 is 0.881 bits per heavy atom. The Hall–Kier alpha value is -6.39. The third-order valence-electron chi connectivity index (χ3n) is 12.0. The zero-order valence-electron chi connectivity index (χ0n) is 38.9. The zero-order chi connectivity index (χ0) is 47.9. The van der Waals surface area contributed by atoms with Crippen molar-refractivity contribution in [1.82, 2.24) is 36.0 Å². The minimum Gasteiger partial charge on any atom is -0.507 e. The number of β-amino-alcohol motifs (C(OH)–C–C–N with tert-alkyl or cyclic N) is 1. The summed E-state index contributed by atoms with van der Waals surface area (Å²) in [5.74, 6) is -0.673. The van der Waals surface area contributed by atoms with E-state index in [9.17, 15) is 29.4 Å². The number of aromatic hydroxyl groups is 1. The molecule has 3 aromatic carbocycles. The number of likely N-dealkylation sites (tertiary alicyclic amines) is 1. The van der Waals surface area contributed by atoms with E-state index in [4.69, 9.17) is 10.5 Å². The van der Waals surface area contributed by atoms with Gasteiger partial charge in [-0.1, -0.05) is 113 Å². The van der Waals surface area contributed by atoms with E-state index < -0.39 is 23.6 Å². The lowest BCUT2D eigenvalue weighted by atomic mass is 9.85. The number of rotatable bonds is 22. The van der Waals surface area contributed by atoms with E-state index in [0.29, 0.717) is 36.4 Å². The SMILES string of the molecule is Cc1ncsc1-c1ccc(CNC(=O)[C@@H]2C[C@@H](O)CN2C(=O)[C@@H](NC(=O)CCCCCCCCC(=O)NCC(COc2cc(-c3ccccc3O)nnc2N)c2ccccc2)C(C)(C)C)cc1. The van der Waals surface area contributed by atoms with Crippen molar-refractivity contribution >= 4 is 40.8 Å². The molecular weight excluding hydrogens is 869 g/mol. The first-order valence-electron chi connectivity index (χ1n) is 23.1. The first-order valence-corrected chi connectivity index (χ1v) is 24.0. The van der Waals surface area contributed by atoms with E-state index in [1.807, 2.05) is 87.8 Å². The maximum Gasteiger partial charge on any atom is 0.246 e. The van der Waals surface area contributed by atoms with Gasteiger partial charge in [0.1, 0.15) is 23.5 Å². The number of aromatic nitrogens is 3. The van der Waals surface area contributed by atoms with Crippen LogP contribution in [0, 0.1) is 12.3 Å². The number of carbonyl (C=O) groups excluding carboxylic acids is 4. The number of nitrogens with zero attached hydrogens (tertiary/aromatic N) is 4. The van der Waals surface area contributed by atoms with Gasteiger partial charge in [0.15, 0.2) is 11.6 Å². The van der Waals surface area contributed by atoms with Crippen molar-refractivity contribution in [3.8, 4) is 33.2 Å². The summed E-state index contributed by atoms with van der Waals surface area (Å²) in [6.07, 6.45) is 4.80. The predicted octanol–water partition coefficient (Wildman–Crippen LogP) is 7.07. The molecule has 1 saturated heterocycles. The Balaban J connectivity index is 0.886. The van der Waals surface area contributed by atoms with E-state index in [0.717, 1.165) is 59.4 Å². The molecule has 2 aromatic heterocycles. The molecule has 16 heteroatoms. The number of hydrogen-bond acceptors (Lipinski definition) is 12. The Kier molecular flexibility index (Phi) is 17.8. The molecule has 4 amide bonds. The van der Waals surface area contributed by atoms with Gasteiger partial charge in [-0.05, 0) is 54.0 Å². The van der Waals surface area contributed by atoms with Gasteiger partial charge in [-0.25, -0.2) is 4.98 Å². The maximum absolute atomic E-state index is 14.0. The number of nitrogens with one attached hydrogen (secondary N) is 3. The fourth-order valence-electron chi connectivity index (χ4n) is 8.13. The van der Waals surface area contributed by atoms with Crippen molar-refractivity contribution in [2.75, 3.05) is 25.4 Å². The molecule has 4 atom stereocenters. The topological polar surface area (TPSA) is 222 Å². The number of aryl methyl sites for hydroxylation is 1.